The zero-order valence-electron chi connectivity index (χ0n) is 19.6. The number of amides is 1. The van der Waals surface area contributed by atoms with Gasteiger partial charge in [-0.25, -0.2) is 4.98 Å². The third-order valence-electron chi connectivity index (χ3n) is 8.54. The first-order chi connectivity index (χ1) is 15.3. The summed E-state index contributed by atoms with van der Waals surface area (Å²) < 4.78 is 0. The van der Waals surface area contributed by atoms with Gasteiger partial charge in [-0.15, -0.1) is 11.3 Å². The summed E-state index contributed by atoms with van der Waals surface area (Å²) in [5, 5.41) is 17.1. The molecule has 5 nitrogen and oxygen atoms in total. The van der Waals surface area contributed by atoms with Crippen LogP contribution in [0.1, 0.15) is 50.1 Å². The molecule has 1 saturated heterocycles. The number of likely N-dealkylation sites (N-methyl/N-ethyl adjacent to an activating group) is 1. The molecule has 2 fully saturated rings. The summed E-state index contributed by atoms with van der Waals surface area (Å²) in [7, 11) is 2.11. The van der Waals surface area contributed by atoms with Gasteiger partial charge in [-0.1, -0.05) is 20.8 Å². The Hall–Kier alpha value is -1.28. The van der Waals surface area contributed by atoms with Crippen LogP contribution in [0.2, 0.25) is 0 Å². The maximum absolute atomic E-state index is 13.3. The Kier molecular flexibility index (Phi) is 5.98. The Balaban J connectivity index is 1.37. The van der Waals surface area contributed by atoms with Gasteiger partial charge in [-0.2, -0.15) is 11.3 Å². The molecule has 0 spiro atoms. The number of thiazole rings is 1. The zero-order valence-corrected chi connectivity index (χ0v) is 21.2. The Morgan fingerprint density at radius 1 is 1.31 bits per heavy atom. The summed E-state index contributed by atoms with van der Waals surface area (Å²) in [5.74, 6) is 0.468. The average molecular weight is 474 g/mol. The normalized spacial score (nSPS) is 34.1. The Morgan fingerprint density at radius 3 is 2.75 bits per heavy atom. The first kappa shape index (κ1) is 22.5. The van der Waals surface area contributed by atoms with Crippen LogP contribution < -0.4 is 0 Å². The smallest absolute Gasteiger partial charge is 0.225 e. The number of rotatable bonds is 3. The lowest BCUT2D eigenvalue weighted by Crippen LogP contribution is -2.55. The van der Waals surface area contributed by atoms with Gasteiger partial charge in [0.1, 0.15) is 5.01 Å². The molecule has 32 heavy (non-hydrogen) atoms. The number of thiophene rings is 1. The molecular weight excluding hydrogens is 438 g/mol. The molecule has 0 aromatic carbocycles. The van der Waals surface area contributed by atoms with Gasteiger partial charge in [-0.3, -0.25) is 4.79 Å². The standard InChI is InChI=1S/C25H35N3O2S2/c1-15(24(30)28-10-8-27(4)9-11-28)18-5-7-25(3)13-19-21(16(2)20(25)22(18)29)26-23(32-19)17-6-12-31-14-17/h6,12,14-16,18,20,22,29H,5,7-11,13H2,1-4H3/t15-,16-,18?,20+,22-,25-/m0/s1. The first-order valence-corrected chi connectivity index (χ1v) is 13.7. The van der Waals surface area contributed by atoms with Crippen LogP contribution in [0.15, 0.2) is 16.8 Å². The van der Waals surface area contributed by atoms with Gasteiger partial charge in [0, 0.05) is 53.8 Å². The minimum absolute atomic E-state index is 0.0270. The Labute approximate surface area is 199 Å². The van der Waals surface area contributed by atoms with Gasteiger partial charge in [0.15, 0.2) is 0 Å². The van der Waals surface area contributed by atoms with Crippen LogP contribution in [-0.2, 0) is 11.2 Å². The Morgan fingerprint density at radius 2 is 2.06 bits per heavy atom. The van der Waals surface area contributed by atoms with Crippen LogP contribution in [-0.4, -0.2) is 65.1 Å². The molecule has 6 atom stereocenters. The second-order valence-electron chi connectivity index (χ2n) is 10.6. The average Bonchev–Trinajstić information content (AvgIpc) is 3.43. The number of fused-ring (bicyclic) bond motifs is 2. The first-order valence-electron chi connectivity index (χ1n) is 12.0. The predicted octanol–water partition coefficient (Wildman–Crippen LogP) is 4.33. The van der Waals surface area contributed by atoms with E-state index < -0.39 is 6.10 Å². The molecule has 1 N–H and O–H groups in total. The van der Waals surface area contributed by atoms with Gasteiger partial charge in [0.25, 0.3) is 0 Å². The molecule has 0 bridgehead atoms. The number of carbonyl (C=O) groups is 1. The largest absolute Gasteiger partial charge is 0.392 e. The molecule has 0 radical (unpaired) electrons. The summed E-state index contributed by atoms with van der Waals surface area (Å²) in [6.07, 6.45) is 2.51. The molecule has 7 heteroatoms. The van der Waals surface area contributed by atoms with E-state index in [1.165, 1.54) is 16.1 Å². The van der Waals surface area contributed by atoms with Crippen molar-refractivity contribution < 1.29 is 9.90 Å². The van der Waals surface area contributed by atoms with Crippen LogP contribution >= 0.6 is 22.7 Å². The van der Waals surface area contributed by atoms with E-state index in [9.17, 15) is 9.90 Å². The van der Waals surface area contributed by atoms with Gasteiger partial charge < -0.3 is 14.9 Å². The number of aromatic nitrogens is 1. The SMILES string of the molecule is C[C@H](C(=O)N1CCN(C)CC1)C1CC[C@@]2(C)Cc3sc(-c4ccsc4)nc3[C@@H](C)[C@@H]2[C@H]1O. The number of hydrogen-bond acceptors (Lipinski definition) is 6. The van der Waals surface area contributed by atoms with E-state index in [2.05, 4.69) is 42.6 Å². The third-order valence-corrected chi connectivity index (χ3v) is 10.3. The third kappa shape index (κ3) is 3.75. The summed E-state index contributed by atoms with van der Waals surface area (Å²) >= 11 is 3.54. The molecular formula is C25H35N3O2S2. The molecule has 1 saturated carbocycles. The maximum atomic E-state index is 13.3. The molecule has 1 aliphatic heterocycles. The summed E-state index contributed by atoms with van der Waals surface area (Å²) in [5.41, 5.74) is 2.45. The number of aliphatic hydroxyl groups is 1. The van der Waals surface area contributed by atoms with Gasteiger partial charge in [0.2, 0.25) is 5.91 Å². The summed E-state index contributed by atoms with van der Waals surface area (Å²) in [6, 6.07) is 2.14. The number of nitrogens with zero attached hydrogens (tertiary/aromatic N) is 3. The highest BCUT2D eigenvalue weighted by Gasteiger charge is 2.54. The molecule has 2 aliphatic carbocycles. The van der Waals surface area contributed by atoms with Crippen molar-refractivity contribution in [2.45, 2.75) is 52.1 Å². The van der Waals surface area contributed by atoms with Crippen molar-refractivity contribution in [3.05, 3.63) is 27.4 Å². The fraction of sp³-hybridized carbons (Fsp3) is 0.680. The molecule has 174 valence electrons. The summed E-state index contributed by atoms with van der Waals surface area (Å²) in [4.78, 5) is 24.0. The van der Waals surface area contributed by atoms with Crippen molar-refractivity contribution in [1.29, 1.82) is 0 Å². The lowest BCUT2D eigenvalue weighted by Gasteiger charge is -2.53. The molecule has 1 unspecified atom stereocenters. The molecule has 2 aromatic heterocycles. The van der Waals surface area contributed by atoms with E-state index >= 15 is 0 Å². The quantitative estimate of drug-likeness (QED) is 0.721. The highest BCUT2D eigenvalue weighted by Crippen LogP contribution is 2.57. The van der Waals surface area contributed by atoms with E-state index in [-0.39, 0.29) is 35.0 Å². The minimum Gasteiger partial charge on any atom is -0.392 e. The molecule has 2 aromatic rings. The maximum Gasteiger partial charge on any atom is 0.225 e. The highest BCUT2D eigenvalue weighted by atomic mass is 32.1. The second-order valence-corrected chi connectivity index (χ2v) is 12.5. The van der Waals surface area contributed by atoms with Crippen molar-refractivity contribution in [3.8, 4) is 10.6 Å². The number of hydrogen-bond donors (Lipinski definition) is 1. The lowest BCUT2D eigenvalue weighted by atomic mass is 9.53. The van der Waals surface area contributed by atoms with Gasteiger partial charge >= 0.3 is 0 Å². The van der Waals surface area contributed by atoms with Crippen LogP contribution in [0.5, 0.6) is 0 Å². The zero-order chi connectivity index (χ0) is 22.6. The van der Waals surface area contributed by atoms with Crippen molar-refractivity contribution in [3.63, 3.8) is 0 Å². The lowest BCUT2D eigenvalue weighted by molar-refractivity contribution is -0.146. The van der Waals surface area contributed by atoms with E-state index in [0.29, 0.717) is 0 Å². The topological polar surface area (TPSA) is 56.7 Å². The fourth-order valence-electron chi connectivity index (χ4n) is 6.55. The van der Waals surface area contributed by atoms with Crippen LogP contribution in [0.3, 0.4) is 0 Å². The second kappa shape index (κ2) is 8.49. The van der Waals surface area contributed by atoms with E-state index in [0.717, 1.165) is 50.4 Å². The van der Waals surface area contributed by atoms with Gasteiger partial charge in [-0.05, 0) is 55.0 Å². The van der Waals surface area contributed by atoms with E-state index in [1.807, 2.05) is 23.2 Å². The molecule has 1 amide bonds. The Bertz CT molecular complexity index is 966. The monoisotopic (exact) mass is 473 g/mol. The van der Waals surface area contributed by atoms with Crippen molar-refractivity contribution in [1.82, 2.24) is 14.8 Å². The number of piperazine rings is 1. The van der Waals surface area contributed by atoms with E-state index in [1.54, 1.807) is 11.3 Å². The van der Waals surface area contributed by atoms with Crippen LogP contribution in [0.4, 0.5) is 0 Å². The molecule has 3 aliphatic rings. The summed E-state index contributed by atoms with van der Waals surface area (Å²) in [6.45, 7) is 10.1. The number of aliphatic hydroxyl groups excluding tert-OH is 1. The predicted molar refractivity (Wildman–Crippen MR) is 131 cm³/mol. The van der Waals surface area contributed by atoms with Crippen LogP contribution in [0.25, 0.3) is 10.6 Å². The molecule has 3 heterocycles. The van der Waals surface area contributed by atoms with Crippen LogP contribution in [0, 0.1) is 23.2 Å². The minimum atomic E-state index is -0.463. The van der Waals surface area contributed by atoms with Crippen molar-refractivity contribution in [2.75, 3.05) is 33.2 Å². The van der Waals surface area contributed by atoms with Gasteiger partial charge in [0.05, 0.1) is 11.8 Å². The van der Waals surface area contributed by atoms with E-state index in [4.69, 9.17) is 4.98 Å². The number of carbonyl (C=O) groups excluding carboxylic acids is 1. The molecule has 5 rings (SSSR count). The highest BCUT2D eigenvalue weighted by molar-refractivity contribution is 7.15. The van der Waals surface area contributed by atoms with Crippen molar-refractivity contribution >= 4 is 28.6 Å². The fourth-order valence-corrected chi connectivity index (χ4v) is 8.63. The van der Waals surface area contributed by atoms with Crippen molar-refractivity contribution in [2.24, 2.45) is 23.2 Å².